The third-order valence-corrected chi connectivity index (χ3v) is 1.97. The fourth-order valence-corrected chi connectivity index (χ4v) is 1.49. The molecule has 1 unspecified atom stereocenters. The van der Waals surface area contributed by atoms with Crippen molar-refractivity contribution in [2.24, 2.45) is 5.92 Å². The van der Waals surface area contributed by atoms with Crippen LogP contribution in [0.25, 0.3) is 0 Å². The van der Waals surface area contributed by atoms with E-state index in [1.807, 2.05) is 21.0 Å². The number of hydrogen-bond acceptors (Lipinski definition) is 2. The van der Waals surface area contributed by atoms with Crippen molar-refractivity contribution in [3.05, 3.63) is 11.6 Å². The van der Waals surface area contributed by atoms with Crippen LogP contribution in [0.5, 0.6) is 0 Å². The Labute approximate surface area is 67.9 Å². The summed E-state index contributed by atoms with van der Waals surface area (Å²) in [5.74, 6) is 0.773. The van der Waals surface area contributed by atoms with Crippen molar-refractivity contribution in [3.63, 3.8) is 0 Å². The van der Waals surface area contributed by atoms with Crippen LogP contribution in [0, 0.1) is 5.92 Å². The molecule has 11 heavy (non-hydrogen) atoms. The van der Waals surface area contributed by atoms with Gasteiger partial charge in [-0.3, -0.25) is 4.79 Å². The Hall–Kier alpha value is -0.630. The van der Waals surface area contributed by atoms with Crippen LogP contribution in [0.4, 0.5) is 0 Å². The van der Waals surface area contributed by atoms with Gasteiger partial charge in [-0.15, -0.1) is 0 Å². The Morgan fingerprint density at radius 1 is 1.64 bits per heavy atom. The highest BCUT2D eigenvalue weighted by atomic mass is 16.1. The molecule has 0 amide bonds. The molecular formula is C9H15NO. The van der Waals surface area contributed by atoms with Gasteiger partial charge in [0.05, 0.1) is 0 Å². The summed E-state index contributed by atoms with van der Waals surface area (Å²) in [7, 11) is 4.07. The zero-order valence-electron chi connectivity index (χ0n) is 7.42. The van der Waals surface area contributed by atoms with Crippen molar-refractivity contribution in [2.45, 2.75) is 13.3 Å². The fourth-order valence-electron chi connectivity index (χ4n) is 1.49. The van der Waals surface area contributed by atoms with Gasteiger partial charge in [0.1, 0.15) is 0 Å². The van der Waals surface area contributed by atoms with Crippen LogP contribution in [-0.2, 0) is 4.79 Å². The third-order valence-electron chi connectivity index (χ3n) is 1.97. The van der Waals surface area contributed by atoms with Crippen molar-refractivity contribution in [3.8, 4) is 0 Å². The van der Waals surface area contributed by atoms with Gasteiger partial charge < -0.3 is 4.90 Å². The summed E-state index contributed by atoms with van der Waals surface area (Å²) in [6.07, 6.45) is 2.80. The normalized spacial score (nSPS) is 24.5. The van der Waals surface area contributed by atoms with E-state index < -0.39 is 0 Å². The van der Waals surface area contributed by atoms with E-state index in [2.05, 4.69) is 11.0 Å². The maximum atomic E-state index is 11.1. The molecule has 0 aromatic carbocycles. The molecule has 62 valence electrons. The Kier molecular flexibility index (Phi) is 2.45. The van der Waals surface area contributed by atoms with E-state index in [-0.39, 0.29) is 0 Å². The molecule has 1 aliphatic rings. The molecular weight excluding hydrogens is 138 g/mol. The molecule has 0 saturated carbocycles. The van der Waals surface area contributed by atoms with E-state index >= 15 is 0 Å². The fraction of sp³-hybridized carbons (Fsp3) is 0.667. The standard InChI is InChI=1S/C9H15NO/c1-7-4-8(5-9(7)11)6-10(2)3/h4,8H,5-6H2,1-3H3. The van der Waals surface area contributed by atoms with Gasteiger partial charge in [0.15, 0.2) is 5.78 Å². The summed E-state index contributed by atoms with van der Waals surface area (Å²) >= 11 is 0. The molecule has 2 heteroatoms. The van der Waals surface area contributed by atoms with Gasteiger partial charge in [0, 0.05) is 13.0 Å². The molecule has 0 N–H and O–H groups in total. The van der Waals surface area contributed by atoms with Gasteiger partial charge in [-0.1, -0.05) is 6.08 Å². The highest BCUT2D eigenvalue weighted by Gasteiger charge is 2.20. The van der Waals surface area contributed by atoms with Crippen molar-refractivity contribution in [1.29, 1.82) is 0 Å². The number of carbonyl (C=O) groups is 1. The molecule has 0 heterocycles. The number of carbonyl (C=O) groups excluding carboxylic acids is 1. The quantitative estimate of drug-likeness (QED) is 0.591. The first-order valence-corrected chi connectivity index (χ1v) is 3.96. The van der Waals surface area contributed by atoms with Gasteiger partial charge >= 0.3 is 0 Å². The first-order valence-electron chi connectivity index (χ1n) is 3.96. The van der Waals surface area contributed by atoms with Crippen molar-refractivity contribution in [2.75, 3.05) is 20.6 Å². The van der Waals surface area contributed by atoms with Gasteiger partial charge in [0.2, 0.25) is 0 Å². The van der Waals surface area contributed by atoms with Crippen LogP contribution < -0.4 is 0 Å². The van der Waals surface area contributed by atoms with E-state index in [4.69, 9.17) is 0 Å². The summed E-state index contributed by atoms with van der Waals surface area (Å²) in [6, 6.07) is 0. The highest BCUT2D eigenvalue weighted by molar-refractivity contribution is 5.97. The van der Waals surface area contributed by atoms with Crippen LogP contribution in [0.3, 0.4) is 0 Å². The molecule has 0 aromatic heterocycles. The summed E-state index contributed by atoms with van der Waals surface area (Å²) in [5, 5.41) is 0. The number of allylic oxidation sites excluding steroid dienone is 1. The van der Waals surface area contributed by atoms with E-state index in [0.29, 0.717) is 18.1 Å². The molecule has 2 nitrogen and oxygen atoms in total. The van der Waals surface area contributed by atoms with Gasteiger partial charge in [-0.05, 0) is 32.5 Å². The van der Waals surface area contributed by atoms with E-state index in [1.54, 1.807) is 0 Å². The first kappa shape index (κ1) is 8.47. The Morgan fingerprint density at radius 3 is 2.64 bits per heavy atom. The molecule has 0 radical (unpaired) electrons. The monoisotopic (exact) mass is 153 g/mol. The molecule has 0 aliphatic heterocycles. The van der Waals surface area contributed by atoms with Crippen LogP contribution in [0.1, 0.15) is 13.3 Å². The molecule has 0 bridgehead atoms. The largest absolute Gasteiger partial charge is 0.309 e. The predicted octanol–water partition coefficient (Wildman–Crippen LogP) is 1.08. The molecule has 1 aliphatic carbocycles. The Balaban J connectivity index is 2.47. The maximum Gasteiger partial charge on any atom is 0.158 e. The van der Waals surface area contributed by atoms with Crippen LogP contribution in [0.15, 0.2) is 11.6 Å². The smallest absolute Gasteiger partial charge is 0.158 e. The minimum absolute atomic E-state index is 0.317. The predicted molar refractivity (Wildman–Crippen MR) is 45.4 cm³/mol. The average molecular weight is 153 g/mol. The van der Waals surface area contributed by atoms with E-state index in [0.717, 1.165) is 12.1 Å². The second-order valence-electron chi connectivity index (χ2n) is 3.50. The van der Waals surface area contributed by atoms with Crippen molar-refractivity contribution < 1.29 is 4.79 Å². The van der Waals surface area contributed by atoms with Gasteiger partial charge in [-0.25, -0.2) is 0 Å². The highest BCUT2D eigenvalue weighted by Crippen LogP contribution is 2.20. The zero-order chi connectivity index (χ0) is 8.43. The van der Waals surface area contributed by atoms with Gasteiger partial charge in [-0.2, -0.15) is 0 Å². The Morgan fingerprint density at radius 2 is 2.27 bits per heavy atom. The molecule has 1 rings (SSSR count). The number of Topliss-reactive ketones (excluding diaryl/α,β-unsaturated/α-hetero) is 1. The molecule has 0 aromatic rings. The van der Waals surface area contributed by atoms with Crippen molar-refractivity contribution in [1.82, 2.24) is 4.90 Å². The molecule has 1 atom stereocenters. The minimum Gasteiger partial charge on any atom is -0.309 e. The van der Waals surface area contributed by atoms with E-state index in [9.17, 15) is 4.79 Å². The maximum absolute atomic E-state index is 11.1. The summed E-state index contributed by atoms with van der Waals surface area (Å²) in [4.78, 5) is 13.2. The van der Waals surface area contributed by atoms with Crippen LogP contribution >= 0.6 is 0 Å². The summed E-state index contributed by atoms with van der Waals surface area (Å²) in [6.45, 7) is 2.89. The average Bonchev–Trinajstić information content (AvgIpc) is 2.10. The van der Waals surface area contributed by atoms with Gasteiger partial charge in [0.25, 0.3) is 0 Å². The second-order valence-corrected chi connectivity index (χ2v) is 3.50. The lowest BCUT2D eigenvalue weighted by Crippen LogP contribution is -2.19. The first-order chi connectivity index (χ1) is 5.09. The number of rotatable bonds is 2. The Bertz CT molecular complexity index is 194. The van der Waals surface area contributed by atoms with E-state index in [1.165, 1.54) is 0 Å². The summed E-state index contributed by atoms with van der Waals surface area (Å²) < 4.78 is 0. The third kappa shape index (κ3) is 2.15. The summed E-state index contributed by atoms with van der Waals surface area (Å²) in [5.41, 5.74) is 0.942. The lowest BCUT2D eigenvalue weighted by atomic mass is 10.1. The van der Waals surface area contributed by atoms with Crippen molar-refractivity contribution >= 4 is 5.78 Å². The lowest BCUT2D eigenvalue weighted by Gasteiger charge is -2.12. The lowest BCUT2D eigenvalue weighted by molar-refractivity contribution is -0.115. The SMILES string of the molecule is CC1=CC(CN(C)C)CC1=O. The molecule has 0 saturated heterocycles. The van der Waals surface area contributed by atoms with Crippen LogP contribution in [-0.4, -0.2) is 31.3 Å². The topological polar surface area (TPSA) is 20.3 Å². The molecule has 0 fully saturated rings. The second kappa shape index (κ2) is 3.18. The minimum atomic E-state index is 0.317. The number of hydrogen-bond donors (Lipinski definition) is 0. The number of nitrogens with zero attached hydrogens (tertiary/aromatic N) is 1. The van der Waals surface area contributed by atoms with Crippen LogP contribution in [0.2, 0.25) is 0 Å². The zero-order valence-corrected chi connectivity index (χ0v) is 7.42. The number of ketones is 1. The molecule has 0 spiro atoms.